The predicted octanol–water partition coefficient (Wildman–Crippen LogP) is 10.5. The van der Waals surface area contributed by atoms with Gasteiger partial charge in [0.05, 0.1) is 6.61 Å². The van der Waals surface area contributed by atoms with Crippen molar-refractivity contribution in [2.45, 2.75) is 150 Å². The monoisotopic (exact) mass is 528 g/mol. The Hall–Kier alpha value is -0.990. The van der Waals surface area contributed by atoms with Gasteiger partial charge < -0.3 is 9.47 Å². The third-order valence-electron chi connectivity index (χ3n) is 12.0. The maximum atomic E-state index is 12.3. The van der Waals surface area contributed by atoms with E-state index < -0.39 is 6.16 Å². The van der Waals surface area contributed by atoms with E-state index >= 15 is 0 Å². The molecule has 0 amide bonds. The molecular weight excluding hydrogens is 468 g/mol. The molecule has 4 aliphatic carbocycles. The van der Waals surface area contributed by atoms with E-state index in [1.165, 1.54) is 70.6 Å². The van der Waals surface area contributed by atoms with Crippen LogP contribution in [0.3, 0.4) is 0 Å². The van der Waals surface area contributed by atoms with Gasteiger partial charge in [0.15, 0.2) is 0 Å². The van der Waals surface area contributed by atoms with Crippen molar-refractivity contribution in [3.63, 3.8) is 0 Å². The molecule has 0 heterocycles. The summed E-state index contributed by atoms with van der Waals surface area (Å²) in [4.78, 5) is 12.3. The fourth-order valence-corrected chi connectivity index (χ4v) is 9.78. The lowest BCUT2D eigenvalue weighted by Crippen LogP contribution is -2.51. The van der Waals surface area contributed by atoms with Crippen LogP contribution in [-0.4, -0.2) is 18.9 Å². The average molecular weight is 529 g/mol. The van der Waals surface area contributed by atoms with Crippen LogP contribution in [0.15, 0.2) is 11.6 Å². The summed E-state index contributed by atoms with van der Waals surface area (Å²) in [6.45, 7) is 15.3. The molecule has 0 aliphatic heterocycles. The van der Waals surface area contributed by atoms with Crippen molar-refractivity contribution in [2.75, 3.05) is 6.61 Å². The molecule has 8 atom stereocenters. The minimum atomic E-state index is -0.448. The van der Waals surface area contributed by atoms with Crippen LogP contribution in [0.5, 0.6) is 0 Å². The number of allylic oxidation sites excluding steroid dienone is 1. The first-order valence-electron chi connectivity index (χ1n) is 16.7. The lowest BCUT2D eigenvalue weighted by atomic mass is 9.47. The van der Waals surface area contributed by atoms with Crippen LogP contribution in [0.2, 0.25) is 0 Å². The van der Waals surface area contributed by atoms with Gasteiger partial charge in [-0.15, -0.1) is 0 Å². The molecule has 3 heteroatoms. The third kappa shape index (κ3) is 6.49. The Kier molecular flexibility index (Phi) is 10.3. The predicted molar refractivity (Wildman–Crippen MR) is 158 cm³/mol. The second kappa shape index (κ2) is 13.1. The van der Waals surface area contributed by atoms with Gasteiger partial charge >= 0.3 is 6.16 Å². The van der Waals surface area contributed by atoms with Crippen molar-refractivity contribution in [1.82, 2.24) is 0 Å². The summed E-state index contributed by atoms with van der Waals surface area (Å²) >= 11 is 0. The van der Waals surface area contributed by atoms with E-state index in [-0.39, 0.29) is 6.10 Å². The summed E-state index contributed by atoms with van der Waals surface area (Å²) in [7, 11) is 0. The number of carbonyl (C=O) groups is 1. The van der Waals surface area contributed by atoms with Crippen LogP contribution in [0.4, 0.5) is 4.79 Å². The zero-order valence-electron chi connectivity index (χ0n) is 25.9. The Morgan fingerprint density at radius 3 is 2.50 bits per heavy atom. The molecule has 0 N–H and O–H groups in total. The highest BCUT2D eigenvalue weighted by atomic mass is 16.7. The number of carbonyl (C=O) groups excluding carboxylic acids is 1. The Balaban J connectivity index is 1.31. The van der Waals surface area contributed by atoms with Crippen molar-refractivity contribution in [2.24, 2.45) is 46.3 Å². The van der Waals surface area contributed by atoms with Crippen molar-refractivity contribution in [3.05, 3.63) is 11.6 Å². The van der Waals surface area contributed by atoms with Crippen LogP contribution in [0.25, 0.3) is 0 Å². The summed E-state index contributed by atoms with van der Waals surface area (Å²) in [5.41, 5.74) is 2.43. The van der Waals surface area contributed by atoms with E-state index in [0.29, 0.717) is 17.4 Å². The maximum absolute atomic E-state index is 12.3. The van der Waals surface area contributed by atoms with Gasteiger partial charge in [-0.3, -0.25) is 0 Å². The zero-order chi connectivity index (χ0) is 27.3. The first-order valence-corrected chi connectivity index (χ1v) is 16.7. The molecule has 0 unspecified atom stereocenters. The Morgan fingerprint density at radius 2 is 1.74 bits per heavy atom. The molecule has 0 saturated heterocycles. The van der Waals surface area contributed by atoms with Crippen LogP contribution in [0.1, 0.15) is 144 Å². The number of fused-ring (bicyclic) bond motifs is 5. The molecule has 0 bridgehead atoms. The molecule has 3 saturated carbocycles. The molecule has 218 valence electrons. The number of unbranched alkanes of at least 4 members (excludes halogenated alkanes) is 4. The molecule has 38 heavy (non-hydrogen) atoms. The number of hydrogen-bond acceptors (Lipinski definition) is 3. The van der Waals surface area contributed by atoms with Gasteiger partial charge in [-0.1, -0.05) is 98.1 Å². The van der Waals surface area contributed by atoms with Crippen molar-refractivity contribution in [3.8, 4) is 0 Å². The van der Waals surface area contributed by atoms with E-state index in [2.05, 4.69) is 47.6 Å². The molecule has 0 aromatic carbocycles. The molecule has 3 fully saturated rings. The number of rotatable bonds is 12. The zero-order valence-corrected chi connectivity index (χ0v) is 25.9. The van der Waals surface area contributed by atoms with E-state index in [1.54, 1.807) is 5.57 Å². The summed E-state index contributed by atoms with van der Waals surface area (Å²) in [6, 6.07) is 0. The van der Waals surface area contributed by atoms with Gasteiger partial charge in [0.25, 0.3) is 0 Å². The van der Waals surface area contributed by atoms with Gasteiger partial charge in [-0.05, 0) is 97.7 Å². The number of hydrogen-bond donors (Lipinski definition) is 0. The van der Waals surface area contributed by atoms with Crippen LogP contribution in [-0.2, 0) is 9.47 Å². The van der Waals surface area contributed by atoms with Gasteiger partial charge in [-0.2, -0.15) is 0 Å². The van der Waals surface area contributed by atoms with Gasteiger partial charge in [0, 0.05) is 6.42 Å². The van der Waals surface area contributed by atoms with Gasteiger partial charge in [-0.25, -0.2) is 4.79 Å². The number of ether oxygens (including phenoxy) is 2. The van der Waals surface area contributed by atoms with E-state index in [0.717, 1.165) is 67.6 Å². The van der Waals surface area contributed by atoms with E-state index in [1.807, 2.05) is 0 Å². The molecule has 0 aromatic heterocycles. The van der Waals surface area contributed by atoms with E-state index in [9.17, 15) is 4.79 Å². The fourth-order valence-electron chi connectivity index (χ4n) is 9.78. The van der Waals surface area contributed by atoms with Crippen LogP contribution in [0, 0.1) is 46.3 Å². The fraction of sp³-hybridized carbons (Fsp3) is 0.914. The molecular formula is C35H60O3. The summed E-state index contributed by atoms with van der Waals surface area (Å²) in [5.74, 6) is 5.18. The van der Waals surface area contributed by atoms with E-state index in [4.69, 9.17) is 9.47 Å². The molecule has 0 radical (unpaired) electrons. The molecule has 4 rings (SSSR count). The third-order valence-corrected chi connectivity index (χ3v) is 12.0. The Morgan fingerprint density at radius 1 is 0.947 bits per heavy atom. The topological polar surface area (TPSA) is 35.5 Å². The standard InChI is InChI=1S/C35H60O3/c1-7-8-9-10-11-23-37-33(36)38-28-19-21-34(5)27(24-28)15-16-29-31-18-17-30(26(4)14-12-13-25(2)3)35(31,6)22-20-32(29)34/h15,25-26,28-32H,7-14,16-24H2,1-6H3/t26-,28+,29+,30-,31-,32-,34+,35-/m1/s1. The van der Waals surface area contributed by atoms with Crippen molar-refractivity contribution in [1.29, 1.82) is 0 Å². The first kappa shape index (κ1) is 30.0. The van der Waals surface area contributed by atoms with Gasteiger partial charge in [0.2, 0.25) is 0 Å². The van der Waals surface area contributed by atoms with Crippen LogP contribution < -0.4 is 0 Å². The molecule has 3 nitrogen and oxygen atoms in total. The second-order valence-corrected chi connectivity index (χ2v) is 14.8. The normalized spacial score (nSPS) is 37.1. The van der Waals surface area contributed by atoms with Crippen molar-refractivity contribution >= 4 is 6.16 Å². The summed E-state index contributed by atoms with van der Waals surface area (Å²) in [5, 5.41) is 0. The summed E-state index contributed by atoms with van der Waals surface area (Å²) in [6.07, 6.45) is 22.2. The Bertz CT molecular complexity index is 801. The van der Waals surface area contributed by atoms with Gasteiger partial charge in [0.1, 0.15) is 6.10 Å². The van der Waals surface area contributed by atoms with Crippen LogP contribution >= 0.6 is 0 Å². The molecule has 0 aromatic rings. The average Bonchev–Trinajstić information content (AvgIpc) is 3.23. The smallest absolute Gasteiger partial charge is 0.434 e. The van der Waals surface area contributed by atoms with Crippen molar-refractivity contribution < 1.29 is 14.3 Å². The lowest BCUT2D eigenvalue weighted by Gasteiger charge is -2.58. The lowest BCUT2D eigenvalue weighted by molar-refractivity contribution is -0.0617. The molecule has 0 spiro atoms. The highest BCUT2D eigenvalue weighted by Gasteiger charge is 2.59. The Labute approximate surface area is 235 Å². The first-order chi connectivity index (χ1) is 18.2. The second-order valence-electron chi connectivity index (χ2n) is 14.8. The summed E-state index contributed by atoms with van der Waals surface area (Å²) < 4.78 is 11.2. The SMILES string of the molecule is CCCCCCCOC(=O)O[C@H]1CC[C@@]2(C)C(=CC[C@H]3[C@H]4CC[C@H]([C@H](C)CCCC(C)C)[C@@]4(C)CC[C@H]32)C1. The largest absolute Gasteiger partial charge is 0.508 e. The minimum absolute atomic E-state index is 0.00475. The maximum Gasteiger partial charge on any atom is 0.508 e. The highest BCUT2D eigenvalue weighted by molar-refractivity contribution is 5.60. The quantitative estimate of drug-likeness (QED) is 0.143. The molecule has 4 aliphatic rings. The highest BCUT2D eigenvalue weighted by Crippen LogP contribution is 2.67. The minimum Gasteiger partial charge on any atom is -0.434 e.